The van der Waals surface area contributed by atoms with Gasteiger partial charge < -0.3 is 0 Å². The summed E-state index contributed by atoms with van der Waals surface area (Å²) in [4.78, 5) is 0.314. The van der Waals surface area contributed by atoms with Crippen molar-refractivity contribution in [1.82, 2.24) is 5.32 Å². The predicted octanol–water partition coefficient (Wildman–Crippen LogP) is 2.08. The predicted molar refractivity (Wildman–Crippen MR) is 48.3 cm³/mol. The molecule has 1 rings (SSSR count). The summed E-state index contributed by atoms with van der Waals surface area (Å²) in [6, 6.07) is 0.722. The van der Waals surface area contributed by atoms with Crippen molar-refractivity contribution in [2.24, 2.45) is 5.92 Å². The molecule has 1 fully saturated rings. The summed E-state index contributed by atoms with van der Waals surface area (Å²) < 4.78 is 0. The minimum absolute atomic E-state index is 0.314. The molecule has 1 aliphatic heterocycles. The van der Waals surface area contributed by atoms with Crippen molar-refractivity contribution < 1.29 is 0 Å². The molecule has 0 radical (unpaired) electrons. The van der Waals surface area contributed by atoms with Crippen LogP contribution in [0.15, 0.2) is 0 Å². The zero-order valence-corrected chi connectivity index (χ0v) is 8.09. The molecule has 0 amide bonds. The lowest BCUT2D eigenvalue weighted by atomic mass is 10.1. The molecule has 0 spiro atoms. The molecule has 2 heteroatoms. The van der Waals surface area contributed by atoms with Gasteiger partial charge in [0.15, 0.2) is 0 Å². The van der Waals surface area contributed by atoms with Crippen molar-refractivity contribution in [2.45, 2.75) is 38.6 Å². The fourth-order valence-corrected chi connectivity index (χ4v) is 2.49. The standard InChI is InChI=1S/C8H17NS/c1-6(2)7-5-10-8(3,4)9-7/h6-7,9H,5H2,1-4H3. The third kappa shape index (κ3) is 1.89. The van der Waals surface area contributed by atoms with Crippen molar-refractivity contribution in [1.29, 1.82) is 0 Å². The third-order valence-corrected chi connectivity index (χ3v) is 3.33. The van der Waals surface area contributed by atoms with Crippen LogP contribution in [0.5, 0.6) is 0 Å². The molecule has 0 bridgehead atoms. The number of nitrogens with one attached hydrogen (secondary N) is 1. The van der Waals surface area contributed by atoms with Crippen molar-refractivity contribution in [3.05, 3.63) is 0 Å². The fraction of sp³-hybridized carbons (Fsp3) is 1.00. The summed E-state index contributed by atoms with van der Waals surface area (Å²) in [5.74, 6) is 2.04. The summed E-state index contributed by atoms with van der Waals surface area (Å²) in [5, 5.41) is 3.59. The van der Waals surface area contributed by atoms with E-state index in [1.807, 2.05) is 11.8 Å². The van der Waals surface area contributed by atoms with Gasteiger partial charge in [0.2, 0.25) is 0 Å². The van der Waals surface area contributed by atoms with Gasteiger partial charge in [0.25, 0.3) is 0 Å². The Labute approximate surface area is 68.0 Å². The third-order valence-electron chi connectivity index (χ3n) is 1.96. The number of rotatable bonds is 1. The maximum atomic E-state index is 3.59. The van der Waals surface area contributed by atoms with Crippen molar-refractivity contribution in [3.8, 4) is 0 Å². The number of hydrogen-bond donors (Lipinski definition) is 1. The second-order valence-electron chi connectivity index (χ2n) is 3.82. The molecular formula is C8H17NS. The van der Waals surface area contributed by atoms with E-state index in [1.165, 1.54) is 5.75 Å². The van der Waals surface area contributed by atoms with Gasteiger partial charge in [-0.15, -0.1) is 11.8 Å². The Hall–Kier alpha value is 0.310. The van der Waals surface area contributed by atoms with Crippen LogP contribution in [-0.2, 0) is 0 Å². The maximum Gasteiger partial charge on any atom is 0.0591 e. The smallest absolute Gasteiger partial charge is 0.0591 e. The van der Waals surface area contributed by atoms with E-state index in [0.717, 1.165) is 12.0 Å². The molecular weight excluding hydrogens is 142 g/mol. The largest absolute Gasteiger partial charge is 0.299 e. The van der Waals surface area contributed by atoms with Gasteiger partial charge in [0.05, 0.1) is 4.87 Å². The van der Waals surface area contributed by atoms with Crippen LogP contribution in [0.2, 0.25) is 0 Å². The highest BCUT2D eigenvalue weighted by Gasteiger charge is 2.31. The molecule has 1 unspecified atom stereocenters. The van der Waals surface area contributed by atoms with Crippen molar-refractivity contribution in [3.63, 3.8) is 0 Å². The molecule has 1 atom stereocenters. The van der Waals surface area contributed by atoms with Gasteiger partial charge >= 0.3 is 0 Å². The molecule has 1 aliphatic rings. The highest BCUT2D eigenvalue weighted by Crippen LogP contribution is 2.31. The zero-order chi connectivity index (χ0) is 7.78. The Kier molecular flexibility index (Phi) is 2.31. The lowest BCUT2D eigenvalue weighted by molar-refractivity contribution is 0.405. The Balaban J connectivity index is 2.43. The summed E-state index contributed by atoms with van der Waals surface area (Å²) >= 11 is 2.02. The first-order valence-electron chi connectivity index (χ1n) is 3.93. The molecule has 0 aliphatic carbocycles. The van der Waals surface area contributed by atoms with Crippen LogP contribution in [0, 0.1) is 5.92 Å². The van der Waals surface area contributed by atoms with Crippen LogP contribution in [0.3, 0.4) is 0 Å². The van der Waals surface area contributed by atoms with Crippen LogP contribution in [0.1, 0.15) is 27.7 Å². The monoisotopic (exact) mass is 159 g/mol. The van der Waals surface area contributed by atoms with E-state index in [1.54, 1.807) is 0 Å². The number of hydrogen-bond acceptors (Lipinski definition) is 2. The van der Waals surface area contributed by atoms with Gasteiger partial charge in [-0.1, -0.05) is 13.8 Å². The SMILES string of the molecule is CC(C)C1CSC(C)(C)N1. The summed E-state index contributed by atoms with van der Waals surface area (Å²) in [5.41, 5.74) is 0. The fourth-order valence-electron chi connectivity index (χ4n) is 1.19. The Morgan fingerprint density at radius 1 is 1.50 bits per heavy atom. The van der Waals surface area contributed by atoms with Gasteiger partial charge in [-0.2, -0.15) is 0 Å². The van der Waals surface area contributed by atoms with E-state index >= 15 is 0 Å². The number of thioether (sulfide) groups is 1. The van der Waals surface area contributed by atoms with Crippen LogP contribution < -0.4 is 5.32 Å². The van der Waals surface area contributed by atoms with Crippen LogP contribution >= 0.6 is 11.8 Å². The van der Waals surface area contributed by atoms with Crippen molar-refractivity contribution in [2.75, 3.05) is 5.75 Å². The molecule has 0 aromatic heterocycles. The van der Waals surface area contributed by atoms with E-state index in [4.69, 9.17) is 0 Å². The van der Waals surface area contributed by atoms with E-state index in [2.05, 4.69) is 33.0 Å². The van der Waals surface area contributed by atoms with Crippen LogP contribution in [-0.4, -0.2) is 16.7 Å². The topological polar surface area (TPSA) is 12.0 Å². The first-order valence-corrected chi connectivity index (χ1v) is 4.91. The summed E-state index contributed by atoms with van der Waals surface area (Å²) in [7, 11) is 0. The molecule has 1 saturated heterocycles. The second-order valence-corrected chi connectivity index (χ2v) is 5.46. The van der Waals surface area contributed by atoms with Crippen LogP contribution in [0.4, 0.5) is 0 Å². The highest BCUT2D eigenvalue weighted by molar-refractivity contribution is 8.00. The van der Waals surface area contributed by atoms with E-state index < -0.39 is 0 Å². The van der Waals surface area contributed by atoms with Gasteiger partial charge in [-0.25, -0.2) is 0 Å². The van der Waals surface area contributed by atoms with Crippen LogP contribution in [0.25, 0.3) is 0 Å². The highest BCUT2D eigenvalue weighted by atomic mass is 32.2. The molecule has 1 nitrogen and oxygen atoms in total. The summed E-state index contributed by atoms with van der Waals surface area (Å²) in [6.07, 6.45) is 0. The normalized spacial score (nSPS) is 31.5. The lowest BCUT2D eigenvalue weighted by Gasteiger charge is -2.20. The lowest BCUT2D eigenvalue weighted by Crippen LogP contribution is -2.39. The molecule has 10 heavy (non-hydrogen) atoms. The average molecular weight is 159 g/mol. The first-order chi connectivity index (χ1) is 4.51. The molecule has 0 aromatic carbocycles. The average Bonchev–Trinajstić information content (AvgIpc) is 2.10. The molecule has 60 valence electrons. The van der Waals surface area contributed by atoms with Gasteiger partial charge in [-0.3, -0.25) is 5.32 Å². The van der Waals surface area contributed by atoms with E-state index in [9.17, 15) is 0 Å². The molecule has 0 saturated carbocycles. The Bertz CT molecular complexity index is 120. The van der Waals surface area contributed by atoms with Gasteiger partial charge in [0.1, 0.15) is 0 Å². The molecule has 0 aromatic rings. The van der Waals surface area contributed by atoms with Gasteiger partial charge in [0, 0.05) is 11.8 Å². The minimum atomic E-state index is 0.314. The van der Waals surface area contributed by atoms with E-state index in [-0.39, 0.29) is 0 Å². The Morgan fingerprint density at radius 2 is 2.10 bits per heavy atom. The Morgan fingerprint density at radius 3 is 2.30 bits per heavy atom. The maximum absolute atomic E-state index is 3.59. The van der Waals surface area contributed by atoms with Gasteiger partial charge in [-0.05, 0) is 19.8 Å². The van der Waals surface area contributed by atoms with Crippen molar-refractivity contribution >= 4 is 11.8 Å². The van der Waals surface area contributed by atoms with E-state index in [0.29, 0.717) is 4.87 Å². The minimum Gasteiger partial charge on any atom is -0.299 e. The second kappa shape index (κ2) is 2.74. The summed E-state index contributed by atoms with van der Waals surface area (Å²) in [6.45, 7) is 9.05. The quantitative estimate of drug-likeness (QED) is 0.628. The molecule has 1 N–H and O–H groups in total. The first kappa shape index (κ1) is 8.41. The zero-order valence-electron chi connectivity index (χ0n) is 7.27. The molecule has 1 heterocycles.